The normalized spacial score (nSPS) is 11.8. The maximum absolute atomic E-state index is 4.85. The summed E-state index contributed by atoms with van der Waals surface area (Å²) in [5.74, 6) is 0. The van der Waals surface area contributed by atoms with Crippen LogP contribution in [0.15, 0.2) is 182 Å². The minimum Gasteiger partial charge on any atom is -0.254 e. The minimum absolute atomic E-state index is 0.939. The average molecular weight is 659 g/mol. The van der Waals surface area contributed by atoms with Gasteiger partial charge in [0.2, 0.25) is 0 Å². The molecule has 0 unspecified atom stereocenters. The van der Waals surface area contributed by atoms with Crippen LogP contribution in [0.2, 0.25) is 0 Å². The number of nitrogens with zero attached hydrogens (tertiary/aromatic N) is 2. The van der Waals surface area contributed by atoms with Gasteiger partial charge in [0.25, 0.3) is 0 Å². The molecule has 240 valence electrons. The van der Waals surface area contributed by atoms with E-state index in [0.29, 0.717) is 0 Å². The van der Waals surface area contributed by atoms with Crippen LogP contribution in [0.1, 0.15) is 0 Å². The Hall–Kier alpha value is -6.90. The fourth-order valence-corrected chi connectivity index (χ4v) is 8.18. The van der Waals surface area contributed by atoms with Crippen LogP contribution in [0.4, 0.5) is 0 Å². The van der Waals surface area contributed by atoms with Crippen molar-refractivity contribution < 1.29 is 0 Å². The second kappa shape index (κ2) is 11.3. The van der Waals surface area contributed by atoms with Crippen LogP contribution in [0.5, 0.6) is 0 Å². The molecule has 9 aromatic carbocycles. The van der Waals surface area contributed by atoms with E-state index < -0.39 is 0 Å². The Morgan fingerprint density at radius 1 is 0.250 bits per heavy atom. The SMILES string of the molecule is c1ccc2cc(-c3ccc4c5ccc(-c6ccc7cc(-c8cnc9c(ccc%10cccnc%109)c8)ccc7c6)cc5c5ccccc5c4c3)ccc2c1. The van der Waals surface area contributed by atoms with Gasteiger partial charge in [-0.2, -0.15) is 0 Å². The van der Waals surface area contributed by atoms with Crippen LogP contribution in [0.3, 0.4) is 0 Å². The molecule has 0 spiro atoms. The number of hydrogen-bond acceptors (Lipinski definition) is 2. The minimum atomic E-state index is 0.939. The maximum atomic E-state index is 4.85. The number of benzene rings is 9. The summed E-state index contributed by atoms with van der Waals surface area (Å²) >= 11 is 0. The number of fused-ring (bicyclic) bond motifs is 11. The van der Waals surface area contributed by atoms with Gasteiger partial charge in [0.15, 0.2) is 0 Å². The van der Waals surface area contributed by atoms with E-state index in [1.807, 2.05) is 18.5 Å². The van der Waals surface area contributed by atoms with E-state index in [9.17, 15) is 0 Å². The average Bonchev–Trinajstić information content (AvgIpc) is 3.22. The lowest BCUT2D eigenvalue weighted by molar-refractivity contribution is 1.37. The van der Waals surface area contributed by atoms with Gasteiger partial charge in [-0.05, 0) is 124 Å². The van der Waals surface area contributed by atoms with Gasteiger partial charge in [-0.1, -0.05) is 127 Å². The van der Waals surface area contributed by atoms with E-state index in [2.05, 4.69) is 169 Å². The van der Waals surface area contributed by atoms with Crippen molar-refractivity contribution >= 4 is 75.7 Å². The third-order valence-electron chi connectivity index (χ3n) is 10.8. The van der Waals surface area contributed by atoms with Crippen molar-refractivity contribution in [3.8, 4) is 33.4 Å². The molecule has 0 aliphatic heterocycles. The Balaban J connectivity index is 0.984. The fourth-order valence-electron chi connectivity index (χ4n) is 8.18. The molecule has 11 rings (SSSR count). The van der Waals surface area contributed by atoms with Crippen molar-refractivity contribution in [3.05, 3.63) is 182 Å². The summed E-state index contributed by atoms with van der Waals surface area (Å²) in [6.45, 7) is 0. The molecular weight excluding hydrogens is 629 g/mol. The molecule has 0 bridgehead atoms. The van der Waals surface area contributed by atoms with E-state index in [4.69, 9.17) is 4.98 Å². The van der Waals surface area contributed by atoms with E-state index in [1.165, 1.54) is 76.1 Å². The molecule has 2 heterocycles. The first-order valence-electron chi connectivity index (χ1n) is 17.8. The van der Waals surface area contributed by atoms with Gasteiger partial charge in [0.05, 0.1) is 11.0 Å². The van der Waals surface area contributed by atoms with Crippen molar-refractivity contribution in [2.75, 3.05) is 0 Å². The lowest BCUT2D eigenvalue weighted by Crippen LogP contribution is -1.88. The molecule has 0 aliphatic carbocycles. The summed E-state index contributed by atoms with van der Waals surface area (Å²) in [6, 6.07) is 62.2. The Bertz CT molecular complexity index is 3230. The van der Waals surface area contributed by atoms with Crippen LogP contribution in [0.25, 0.3) is 109 Å². The van der Waals surface area contributed by atoms with Gasteiger partial charge in [-0.15, -0.1) is 0 Å². The molecule has 0 radical (unpaired) electrons. The first-order chi connectivity index (χ1) is 25.7. The van der Waals surface area contributed by atoms with Crippen molar-refractivity contribution in [3.63, 3.8) is 0 Å². The molecule has 0 fully saturated rings. The molecule has 11 aromatic rings. The zero-order valence-electron chi connectivity index (χ0n) is 28.2. The third kappa shape index (κ3) is 4.58. The largest absolute Gasteiger partial charge is 0.254 e. The Labute approximate surface area is 300 Å². The van der Waals surface area contributed by atoms with Crippen molar-refractivity contribution in [1.82, 2.24) is 9.97 Å². The fraction of sp³-hybridized carbons (Fsp3) is 0. The Morgan fingerprint density at radius 3 is 1.35 bits per heavy atom. The first-order valence-corrected chi connectivity index (χ1v) is 17.8. The predicted octanol–water partition coefficient (Wildman–Crippen LogP) is 13.5. The maximum Gasteiger partial charge on any atom is 0.0964 e. The van der Waals surface area contributed by atoms with Gasteiger partial charge < -0.3 is 0 Å². The standard InChI is InChI=1S/C50H30N2/c1-2-7-33-24-36(13-11-31(33)6-1)39-19-21-45-46-22-20-40(29-48(46)44-10-4-3-9-43(44)47(45)28-39)37-15-14-35-26-38(17-16-34(35)25-37)42-27-41-18-12-32-8-5-23-51-49(32)50(41)52-30-42/h1-30H. The molecule has 2 aromatic heterocycles. The summed E-state index contributed by atoms with van der Waals surface area (Å²) in [6.07, 6.45) is 3.80. The van der Waals surface area contributed by atoms with Crippen molar-refractivity contribution in [2.24, 2.45) is 0 Å². The Morgan fingerprint density at radius 2 is 0.673 bits per heavy atom. The first kappa shape index (κ1) is 28.9. The monoisotopic (exact) mass is 658 g/mol. The number of pyridine rings is 2. The van der Waals surface area contributed by atoms with E-state index in [0.717, 1.165) is 32.9 Å². The Kier molecular flexibility index (Phi) is 6.28. The molecule has 0 saturated carbocycles. The van der Waals surface area contributed by atoms with E-state index in [-0.39, 0.29) is 0 Å². The van der Waals surface area contributed by atoms with Crippen molar-refractivity contribution in [1.29, 1.82) is 0 Å². The second-order valence-corrected chi connectivity index (χ2v) is 13.8. The van der Waals surface area contributed by atoms with Gasteiger partial charge in [-0.25, -0.2) is 0 Å². The van der Waals surface area contributed by atoms with Gasteiger partial charge in [0, 0.05) is 28.7 Å². The van der Waals surface area contributed by atoms with Gasteiger partial charge >= 0.3 is 0 Å². The van der Waals surface area contributed by atoms with Crippen LogP contribution < -0.4 is 0 Å². The summed E-state index contributed by atoms with van der Waals surface area (Å²) in [5, 5.41) is 14.8. The quantitative estimate of drug-likeness (QED) is 0.177. The number of aromatic nitrogens is 2. The molecule has 2 nitrogen and oxygen atoms in total. The van der Waals surface area contributed by atoms with Crippen LogP contribution >= 0.6 is 0 Å². The van der Waals surface area contributed by atoms with Crippen LogP contribution in [-0.2, 0) is 0 Å². The van der Waals surface area contributed by atoms with E-state index >= 15 is 0 Å². The molecule has 0 amide bonds. The lowest BCUT2D eigenvalue weighted by Gasteiger charge is -2.14. The van der Waals surface area contributed by atoms with E-state index in [1.54, 1.807) is 0 Å². The molecule has 0 atom stereocenters. The van der Waals surface area contributed by atoms with Crippen LogP contribution in [-0.4, -0.2) is 9.97 Å². The molecule has 52 heavy (non-hydrogen) atoms. The van der Waals surface area contributed by atoms with Gasteiger partial charge in [0.1, 0.15) is 0 Å². The molecule has 2 heteroatoms. The highest BCUT2D eigenvalue weighted by Crippen LogP contribution is 2.40. The lowest BCUT2D eigenvalue weighted by atomic mass is 9.90. The molecule has 0 aliphatic rings. The molecule has 0 saturated heterocycles. The highest BCUT2D eigenvalue weighted by Gasteiger charge is 2.13. The highest BCUT2D eigenvalue weighted by atomic mass is 14.7. The molecule has 0 N–H and O–H groups in total. The zero-order chi connectivity index (χ0) is 34.2. The second-order valence-electron chi connectivity index (χ2n) is 13.8. The zero-order valence-corrected chi connectivity index (χ0v) is 28.2. The topological polar surface area (TPSA) is 25.8 Å². The summed E-state index contributed by atoms with van der Waals surface area (Å²) in [4.78, 5) is 9.44. The predicted molar refractivity (Wildman–Crippen MR) is 221 cm³/mol. The summed E-state index contributed by atoms with van der Waals surface area (Å²) in [7, 11) is 0. The molecular formula is C50H30N2. The van der Waals surface area contributed by atoms with Crippen molar-refractivity contribution in [2.45, 2.75) is 0 Å². The summed E-state index contributed by atoms with van der Waals surface area (Å²) in [5.41, 5.74) is 9.05. The summed E-state index contributed by atoms with van der Waals surface area (Å²) < 4.78 is 0. The number of rotatable bonds is 3. The number of hydrogen-bond donors (Lipinski definition) is 0. The smallest absolute Gasteiger partial charge is 0.0964 e. The van der Waals surface area contributed by atoms with Gasteiger partial charge in [-0.3, -0.25) is 9.97 Å². The van der Waals surface area contributed by atoms with Crippen LogP contribution in [0, 0.1) is 0 Å². The highest BCUT2D eigenvalue weighted by molar-refractivity contribution is 6.26. The third-order valence-corrected chi connectivity index (χ3v) is 10.8.